The highest BCUT2D eigenvalue weighted by Gasteiger charge is 1.79. The molecule has 0 aliphatic rings. The van der Waals surface area contributed by atoms with Crippen LogP contribution in [-0.2, 0) is 5.11 Å². The van der Waals surface area contributed by atoms with Crippen LogP contribution in [0.25, 0.3) is 0 Å². The zero-order valence-corrected chi connectivity index (χ0v) is 14.7. The molecular weight excluding hydrogens is 280 g/mol. The number of hydrogen-bond donors (Lipinski definition) is 0. The van der Waals surface area contributed by atoms with E-state index in [0.717, 1.165) is 51.4 Å². The summed E-state index contributed by atoms with van der Waals surface area (Å²) in [4.78, 5) is 0. The predicted octanol–water partition coefficient (Wildman–Crippen LogP) is 6.89. The Morgan fingerprint density at radius 1 is 0.522 bits per heavy atom. The Kier molecular flexibility index (Phi) is 19.0. The van der Waals surface area contributed by atoms with Crippen molar-refractivity contribution in [1.82, 2.24) is 0 Å². The van der Waals surface area contributed by atoms with Crippen molar-refractivity contribution in [3.05, 3.63) is 72.9 Å². The number of allylic oxidation sites excluding steroid dienone is 12. The van der Waals surface area contributed by atoms with Crippen LogP contribution in [-0.4, -0.2) is 6.61 Å². The van der Waals surface area contributed by atoms with Gasteiger partial charge in [-0.2, -0.15) is 0 Å². The molecule has 0 aliphatic heterocycles. The van der Waals surface area contributed by atoms with Crippen molar-refractivity contribution in [3.63, 3.8) is 0 Å². The maximum absolute atomic E-state index is 10.2. The lowest BCUT2D eigenvalue weighted by molar-refractivity contribution is 0.190. The van der Waals surface area contributed by atoms with Crippen LogP contribution in [0.2, 0.25) is 0 Å². The summed E-state index contributed by atoms with van der Waals surface area (Å²) in [5.74, 6) is 0. The van der Waals surface area contributed by atoms with Crippen molar-refractivity contribution >= 4 is 0 Å². The Balaban J connectivity index is 3.47. The topological polar surface area (TPSA) is 19.9 Å². The highest BCUT2D eigenvalue weighted by molar-refractivity contribution is 5.01. The Morgan fingerprint density at radius 2 is 0.870 bits per heavy atom. The van der Waals surface area contributed by atoms with Crippen LogP contribution in [0.5, 0.6) is 0 Å². The lowest BCUT2D eigenvalue weighted by Gasteiger charge is -1.87. The molecule has 0 spiro atoms. The molecule has 127 valence electrons. The van der Waals surface area contributed by atoms with E-state index in [1.165, 1.54) is 0 Å². The van der Waals surface area contributed by atoms with Gasteiger partial charge in [-0.25, -0.2) is 5.11 Å². The Labute approximate surface area is 143 Å². The minimum atomic E-state index is 0.0337. The minimum absolute atomic E-state index is 0.0337. The van der Waals surface area contributed by atoms with Crippen LogP contribution in [0.1, 0.15) is 58.3 Å². The van der Waals surface area contributed by atoms with Gasteiger partial charge in [0.25, 0.3) is 0 Å². The smallest absolute Gasteiger partial charge is 0.0825 e. The normalized spacial score (nSPS) is 13.3. The summed E-state index contributed by atoms with van der Waals surface area (Å²) in [6.07, 6.45) is 34.1. The fourth-order valence-electron chi connectivity index (χ4n) is 1.84. The fraction of sp³-hybridized carbons (Fsp3) is 0.455. The molecule has 0 heterocycles. The van der Waals surface area contributed by atoms with Crippen LogP contribution >= 0.6 is 0 Å². The molecule has 0 aromatic carbocycles. The van der Waals surface area contributed by atoms with E-state index in [2.05, 4.69) is 79.8 Å². The molecule has 0 saturated carbocycles. The van der Waals surface area contributed by atoms with Crippen molar-refractivity contribution in [2.45, 2.75) is 58.3 Å². The summed E-state index contributed by atoms with van der Waals surface area (Å²) in [7, 11) is 0. The van der Waals surface area contributed by atoms with E-state index in [1.54, 1.807) is 0 Å². The number of hydrogen-bond acceptors (Lipinski definition) is 0. The van der Waals surface area contributed by atoms with Crippen LogP contribution < -0.4 is 0 Å². The van der Waals surface area contributed by atoms with Crippen LogP contribution in [0.3, 0.4) is 0 Å². The van der Waals surface area contributed by atoms with Gasteiger partial charge in [-0.05, 0) is 51.4 Å². The van der Waals surface area contributed by atoms with E-state index in [9.17, 15) is 5.11 Å². The molecule has 23 heavy (non-hydrogen) atoms. The first kappa shape index (κ1) is 21.4. The average molecular weight is 314 g/mol. The minimum Gasteiger partial charge on any atom is -0.237 e. The van der Waals surface area contributed by atoms with Gasteiger partial charge in [0.05, 0.1) is 6.61 Å². The van der Waals surface area contributed by atoms with E-state index in [1.807, 2.05) is 0 Å². The second-order valence-corrected chi connectivity index (χ2v) is 5.26. The van der Waals surface area contributed by atoms with Crippen molar-refractivity contribution in [3.8, 4) is 0 Å². The van der Waals surface area contributed by atoms with E-state index >= 15 is 0 Å². The first-order valence-electron chi connectivity index (χ1n) is 8.89. The first-order valence-corrected chi connectivity index (χ1v) is 8.89. The molecule has 0 unspecified atom stereocenters. The molecule has 1 nitrogen and oxygen atoms in total. The van der Waals surface area contributed by atoms with Crippen molar-refractivity contribution in [2.75, 3.05) is 6.61 Å². The number of unbranched alkanes of at least 4 members (excludes halogenated alkanes) is 1. The van der Waals surface area contributed by atoms with E-state index in [0.29, 0.717) is 0 Å². The Bertz CT molecular complexity index is 394. The predicted molar refractivity (Wildman–Crippen MR) is 103 cm³/mol. The summed E-state index contributed by atoms with van der Waals surface area (Å²) in [5, 5.41) is 10.2. The van der Waals surface area contributed by atoms with Gasteiger partial charge in [0.15, 0.2) is 0 Å². The average Bonchev–Trinajstić information content (AvgIpc) is 2.57. The standard InChI is InChI=1S/C22H33O/c1-2-3-4-5-6-7-8-9-10-11-12-13-14-15-16-17-18-19-20-21-22-23/h3-4,6-7,9-10,12-13,15-16,18-19H,2,5,8,11,14,17,20-22H2,1H3. The van der Waals surface area contributed by atoms with Crippen molar-refractivity contribution in [1.29, 1.82) is 0 Å². The molecule has 0 N–H and O–H groups in total. The van der Waals surface area contributed by atoms with Crippen LogP contribution in [0, 0.1) is 0 Å². The van der Waals surface area contributed by atoms with Crippen LogP contribution in [0.15, 0.2) is 72.9 Å². The summed E-state index contributed by atoms with van der Waals surface area (Å²) in [6, 6.07) is 0. The summed E-state index contributed by atoms with van der Waals surface area (Å²) >= 11 is 0. The molecule has 0 fully saturated rings. The van der Waals surface area contributed by atoms with Crippen molar-refractivity contribution < 1.29 is 5.11 Å². The maximum Gasteiger partial charge on any atom is 0.0825 e. The van der Waals surface area contributed by atoms with Gasteiger partial charge in [-0.15, -0.1) is 0 Å². The summed E-state index contributed by atoms with van der Waals surface area (Å²) < 4.78 is 0. The van der Waals surface area contributed by atoms with Gasteiger partial charge >= 0.3 is 0 Å². The van der Waals surface area contributed by atoms with Gasteiger partial charge in [-0.3, -0.25) is 0 Å². The molecule has 0 atom stereocenters. The fourth-order valence-corrected chi connectivity index (χ4v) is 1.84. The lowest BCUT2D eigenvalue weighted by atomic mass is 10.2. The third kappa shape index (κ3) is 20.4. The largest absolute Gasteiger partial charge is 0.237 e. The quantitative estimate of drug-likeness (QED) is 0.246. The molecule has 1 heteroatoms. The molecule has 0 saturated heterocycles. The van der Waals surface area contributed by atoms with E-state index < -0.39 is 0 Å². The first-order chi connectivity index (χ1) is 11.4. The second kappa shape index (κ2) is 20.4. The second-order valence-electron chi connectivity index (χ2n) is 5.26. The van der Waals surface area contributed by atoms with Gasteiger partial charge < -0.3 is 0 Å². The molecule has 0 bridgehead atoms. The Hall–Kier alpha value is -1.60. The highest BCUT2D eigenvalue weighted by Crippen LogP contribution is 1.97. The van der Waals surface area contributed by atoms with Gasteiger partial charge in [-0.1, -0.05) is 79.8 Å². The van der Waals surface area contributed by atoms with Gasteiger partial charge in [0, 0.05) is 0 Å². The molecule has 1 radical (unpaired) electrons. The van der Waals surface area contributed by atoms with Gasteiger partial charge in [0.1, 0.15) is 0 Å². The molecule has 0 aliphatic carbocycles. The highest BCUT2D eigenvalue weighted by atomic mass is 16.2. The Morgan fingerprint density at radius 3 is 1.22 bits per heavy atom. The van der Waals surface area contributed by atoms with Gasteiger partial charge in [0.2, 0.25) is 0 Å². The summed E-state index contributed by atoms with van der Waals surface area (Å²) in [6.45, 7) is 2.19. The maximum atomic E-state index is 10.2. The molecule has 0 aromatic rings. The summed E-state index contributed by atoms with van der Waals surface area (Å²) in [5.41, 5.74) is 0. The van der Waals surface area contributed by atoms with E-state index in [4.69, 9.17) is 0 Å². The van der Waals surface area contributed by atoms with Crippen molar-refractivity contribution in [2.24, 2.45) is 0 Å². The van der Waals surface area contributed by atoms with E-state index in [-0.39, 0.29) is 6.61 Å². The third-order valence-electron chi connectivity index (χ3n) is 3.11. The van der Waals surface area contributed by atoms with Crippen LogP contribution in [0.4, 0.5) is 0 Å². The molecule has 0 rings (SSSR count). The zero-order chi connectivity index (χ0) is 16.8. The molecular formula is C22H33O. The zero-order valence-electron chi connectivity index (χ0n) is 14.7. The SMILES string of the molecule is CCC=CCC=CCC=CCC=CCC=CCC=CCCC[O]. The monoisotopic (exact) mass is 313 g/mol. The third-order valence-corrected chi connectivity index (χ3v) is 3.11. The molecule has 0 aromatic heterocycles. The number of rotatable bonds is 14. The lowest BCUT2D eigenvalue weighted by Crippen LogP contribution is -1.75. The molecule has 0 amide bonds.